The van der Waals surface area contributed by atoms with Crippen LogP contribution in [0.2, 0.25) is 0 Å². The number of aliphatic hydroxyl groups is 2. The van der Waals surface area contributed by atoms with Crippen molar-refractivity contribution in [3.63, 3.8) is 0 Å². The van der Waals surface area contributed by atoms with Gasteiger partial charge in [-0.15, -0.1) is 0 Å². The zero-order chi connectivity index (χ0) is 25.2. The first kappa shape index (κ1) is 27.2. The average molecular weight is 496 g/mol. The van der Waals surface area contributed by atoms with Crippen molar-refractivity contribution in [2.45, 2.75) is 44.5 Å². The van der Waals surface area contributed by atoms with Gasteiger partial charge in [-0.3, -0.25) is 14.5 Å². The summed E-state index contributed by atoms with van der Waals surface area (Å²) >= 11 is 0. The highest BCUT2D eigenvalue weighted by molar-refractivity contribution is 5.92. The van der Waals surface area contributed by atoms with E-state index in [1.807, 2.05) is 0 Å². The number of fused-ring (bicyclic) bond motifs is 1. The quantitative estimate of drug-likeness (QED) is 0.545. The molecule has 11 heteroatoms. The Labute approximate surface area is 205 Å². The Morgan fingerprint density at radius 1 is 1.11 bits per heavy atom. The van der Waals surface area contributed by atoms with Gasteiger partial charge in [-0.05, 0) is 37.9 Å². The summed E-state index contributed by atoms with van der Waals surface area (Å²) in [5.74, 6) is 0.959. The third-order valence-corrected chi connectivity index (χ3v) is 6.15. The number of carbonyl (C=O) groups is 2. The zero-order valence-corrected chi connectivity index (χ0v) is 20.5. The molecule has 0 unspecified atom stereocenters. The Morgan fingerprint density at radius 3 is 2.66 bits per heavy atom. The van der Waals surface area contributed by atoms with Crippen LogP contribution < -0.4 is 14.8 Å². The van der Waals surface area contributed by atoms with Gasteiger partial charge in [-0.2, -0.15) is 0 Å². The topological polar surface area (TPSA) is 130 Å². The number of amides is 2. The molecule has 0 aromatic heterocycles. The summed E-state index contributed by atoms with van der Waals surface area (Å²) in [6, 6.07) is 5.28. The highest BCUT2D eigenvalue weighted by atomic mass is 16.7. The molecule has 1 saturated heterocycles. The second-order valence-corrected chi connectivity index (χ2v) is 8.83. The number of anilines is 1. The fraction of sp³-hybridized carbons (Fsp3) is 0.667. The van der Waals surface area contributed by atoms with Crippen LogP contribution in [0.4, 0.5) is 5.69 Å². The van der Waals surface area contributed by atoms with E-state index >= 15 is 0 Å². The Bertz CT molecular complexity index is 839. The lowest BCUT2D eigenvalue weighted by Crippen LogP contribution is -2.48. The molecule has 1 fully saturated rings. The molecule has 3 rings (SSSR count). The minimum Gasteiger partial charge on any atom is -0.454 e. The van der Waals surface area contributed by atoms with Crippen molar-refractivity contribution in [1.82, 2.24) is 9.80 Å². The number of hydrogen-bond acceptors (Lipinski definition) is 9. The van der Waals surface area contributed by atoms with Crippen LogP contribution in [0.1, 0.15) is 26.2 Å². The highest BCUT2D eigenvalue weighted by Gasteiger charge is 2.29. The Morgan fingerprint density at radius 2 is 1.89 bits per heavy atom. The molecule has 0 spiro atoms. The van der Waals surface area contributed by atoms with Crippen molar-refractivity contribution >= 4 is 17.5 Å². The van der Waals surface area contributed by atoms with Crippen molar-refractivity contribution in [2.75, 3.05) is 65.2 Å². The molecule has 2 amide bonds. The molecular weight excluding hydrogens is 458 g/mol. The number of rotatable bonds is 4. The monoisotopic (exact) mass is 495 g/mol. The molecule has 3 N–H and O–H groups in total. The van der Waals surface area contributed by atoms with Gasteiger partial charge in [-0.25, -0.2) is 0 Å². The second kappa shape index (κ2) is 13.6. The molecule has 0 saturated carbocycles. The lowest BCUT2D eigenvalue weighted by Gasteiger charge is -2.31. The molecule has 0 aliphatic carbocycles. The van der Waals surface area contributed by atoms with E-state index < -0.39 is 18.3 Å². The normalized spacial score (nSPS) is 24.9. The van der Waals surface area contributed by atoms with Gasteiger partial charge in [0.05, 0.1) is 13.2 Å². The molecule has 0 bridgehead atoms. The van der Waals surface area contributed by atoms with Crippen molar-refractivity contribution in [2.24, 2.45) is 0 Å². The van der Waals surface area contributed by atoms with Crippen LogP contribution in [-0.2, 0) is 19.1 Å². The fourth-order valence-electron chi connectivity index (χ4n) is 4.14. The van der Waals surface area contributed by atoms with Gasteiger partial charge in [-0.1, -0.05) is 0 Å². The van der Waals surface area contributed by atoms with Gasteiger partial charge < -0.3 is 39.4 Å². The van der Waals surface area contributed by atoms with E-state index in [1.165, 1.54) is 14.0 Å². The molecule has 2 heterocycles. The molecule has 2 aliphatic heterocycles. The summed E-state index contributed by atoms with van der Waals surface area (Å²) in [4.78, 5) is 28.6. The maximum Gasteiger partial charge on any atom is 0.238 e. The lowest BCUT2D eigenvalue weighted by molar-refractivity contribution is -0.136. The van der Waals surface area contributed by atoms with Crippen LogP contribution in [0.3, 0.4) is 0 Å². The fourth-order valence-corrected chi connectivity index (χ4v) is 4.14. The third-order valence-electron chi connectivity index (χ3n) is 6.15. The van der Waals surface area contributed by atoms with Gasteiger partial charge in [0.15, 0.2) is 11.5 Å². The van der Waals surface area contributed by atoms with Crippen molar-refractivity contribution in [3.8, 4) is 11.5 Å². The molecule has 0 radical (unpaired) electrons. The van der Waals surface area contributed by atoms with Crippen LogP contribution in [-0.4, -0.2) is 110 Å². The van der Waals surface area contributed by atoms with Crippen LogP contribution in [0.25, 0.3) is 0 Å². The van der Waals surface area contributed by atoms with Gasteiger partial charge in [0.25, 0.3) is 0 Å². The first-order valence-corrected chi connectivity index (χ1v) is 12.0. The van der Waals surface area contributed by atoms with Crippen LogP contribution in [0.5, 0.6) is 11.5 Å². The zero-order valence-electron chi connectivity index (χ0n) is 20.5. The highest BCUT2D eigenvalue weighted by Crippen LogP contribution is 2.34. The lowest BCUT2D eigenvalue weighted by atomic mass is 10.1. The van der Waals surface area contributed by atoms with E-state index in [2.05, 4.69) is 10.2 Å². The number of methoxy groups -OCH3 is 1. The molecule has 11 nitrogen and oxygen atoms in total. The van der Waals surface area contributed by atoms with Gasteiger partial charge in [0, 0.05) is 52.0 Å². The van der Waals surface area contributed by atoms with Crippen LogP contribution in [0, 0.1) is 0 Å². The van der Waals surface area contributed by atoms with Crippen LogP contribution >= 0.6 is 0 Å². The molecule has 2 aliphatic rings. The predicted molar refractivity (Wildman–Crippen MR) is 127 cm³/mol. The predicted octanol–water partition coefficient (Wildman–Crippen LogP) is 0.442. The number of ether oxygens (including phenoxy) is 4. The second-order valence-electron chi connectivity index (χ2n) is 8.83. The maximum absolute atomic E-state index is 12.7. The van der Waals surface area contributed by atoms with Crippen molar-refractivity contribution in [3.05, 3.63) is 18.2 Å². The number of nitrogens with zero attached hydrogens (tertiary/aromatic N) is 2. The number of carbonyl (C=O) groups excluding carboxylic acids is 2. The number of benzene rings is 1. The van der Waals surface area contributed by atoms with Gasteiger partial charge in [0.2, 0.25) is 18.6 Å². The van der Waals surface area contributed by atoms with E-state index in [1.54, 1.807) is 23.1 Å². The Balaban J connectivity index is 1.60. The van der Waals surface area contributed by atoms with Crippen molar-refractivity contribution < 1.29 is 38.7 Å². The van der Waals surface area contributed by atoms with Crippen molar-refractivity contribution in [1.29, 1.82) is 0 Å². The molecule has 3 atom stereocenters. The van der Waals surface area contributed by atoms with E-state index in [0.29, 0.717) is 49.8 Å². The molecule has 35 heavy (non-hydrogen) atoms. The van der Waals surface area contributed by atoms with Gasteiger partial charge in [0.1, 0.15) is 18.3 Å². The van der Waals surface area contributed by atoms with Crippen LogP contribution in [0.15, 0.2) is 18.2 Å². The molecule has 1 aromatic rings. The minimum atomic E-state index is -1.18. The van der Waals surface area contributed by atoms with E-state index in [9.17, 15) is 19.8 Å². The number of nitrogens with one attached hydrogen (secondary N) is 1. The van der Waals surface area contributed by atoms with Gasteiger partial charge >= 0.3 is 0 Å². The summed E-state index contributed by atoms with van der Waals surface area (Å²) in [6.07, 6.45) is -0.851. The average Bonchev–Trinajstić information content (AvgIpc) is 3.29. The molecule has 196 valence electrons. The smallest absolute Gasteiger partial charge is 0.238 e. The van der Waals surface area contributed by atoms with E-state index in [-0.39, 0.29) is 38.3 Å². The number of hydrogen-bond donors (Lipinski definition) is 3. The third kappa shape index (κ3) is 8.32. The van der Waals surface area contributed by atoms with E-state index in [4.69, 9.17) is 18.9 Å². The first-order chi connectivity index (χ1) is 16.9. The summed E-state index contributed by atoms with van der Waals surface area (Å²) in [6.45, 7) is 4.12. The molecule has 1 aromatic carbocycles. The number of aliphatic hydroxyl groups excluding tert-OH is 2. The summed E-state index contributed by atoms with van der Waals surface area (Å²) in [5, 5.41) is 23.6. The van der Waals surface area contributed by atoms with E-state index in [0.717, 1.165) is 12.8 Å². The molecular formula is C24H37N3O8. The first-order valence-electron chi connectivity index (χ1n) is 12.0. The standard InChI is InChI=1S/C24H37N3O8/c1-17(28)27-10-5-9-26(8-3-4-11-33-15-19(29)24(31)22(13-27)32-2)14-23(30)25-18-6-7-20-21(12-18)35-16-34-20/h6-7,12,19,22,24,29,31H,3-5,8-11,13-16H2,1-2H3,(H,25,30)/t19-,22-,24-/m0/s1. The SMILES string of the molecule is CO[C@H]1CN(C(C)=O)CCCN(CC(=O)Nc2ccc3c(c2)OCO3)CCCCOC[C@H](O)[C@@H]1O. The maximum atomic E-state index is 12.7. The largest absolute Gasteiger partial charge is 0.454 e. The Kier molecular flexibility index (Phi) is 10.5. The summed E-state index contributed by atoms with van der Waals surface area (Å²) in [5.41, 5.74) is 0.636. The summed E-state index contributed by atoms with van der Waals surface area (Å²) in [7, 11) is 1.44. The minimum absolute atomic E-state index is 0.0250. The Hall–Kier alpha value is -2.44. The summed E-state index contributed by atoms with van der Waals surface area (Å²) < 4.78 is 21.6.